The first-order chi connectivity index (χ1) is 10.9. The molecule has 4 nitrogen and oxygen atoms in total. The Morgan fingerprint density at radius 3 is 2.48 bits per heavy atom. The molecule has 0 heterocycles. The lowest BCUT2D eigenvalue weighted by molar-refractivity contribution is -0.119. The fraction of sp³-hybridized carbons (Fsp3) is 0.176. The van der Waals surface area contributed by atoms with Crippen LogP contribution in [-0.4, -0.2) is 17.0 Å². The van der Waals surface area contributed by atoms with Crippen LogP contribution in [0, 0.1) is 5.92 Å². The van der Waals surface area contributed by atoms with E-state index < -0.39 is 5.97 Å². The number of anilines is 1. The number of hydrogen-bond acceptors (Lipinski definition) is 2. The van der Waals surface area contributed by atoms with Crippen molar-refractivity contribution in [2.75, 3.05) is 5.32 Å². The first kappa shape index (κ1) is 17.5. The summed E-state index contributed by atoms with van der Waals surface area (Å²) in [7, 11) is 0. The van der Waals surface area contributed by atoms with Gasteiger partial charge >= 0.3 is 5.97 Å². The van der Waals surface area contributed by atoms with Crippen molar-refractivity contribution in [2.45, 2.75) is 13.3 Å². The molecule has 2 aromatic rings. The Morgan fingerprint density at radius 2 is 1.87 bits per heavy atom. The molecule has 0 aliphatic carbocycles. The van der Waals surface area contributed by atoms with Crippen LogP contribution in [0.3, 0.4) is 0 Å². The van der Waals surface area contributed by atoms with Crippen molar-refractivity contribution < 1.29 is 14.7 Å². The predicted octanol–water partition coefficient (Wildman–Crippen LogP) is 4.62. The highest BCUT2D eigenvalue weighted by Crippen LogP contribution is 2.22. The van der Waals surface area contributed by atoms with Gasteiger partial charge in [0, 0.05) is 15.4 Å². The molecule has 1 amide bonds. The molecule has 0 aromatic heterocycles. The molecule has 2 aromatic carbocycles. The second kappa shape index (κ2) is 7.62. The van der Waals surface area contributed by atoms with Crippen molar-refractivity contribution in [3.8, 4) is 0 Å². The maximum absolute atomic E-state index is 12.3. The van der Waals surface area contributed by atoms with Crippen LogP contribution in [0.25, 0.3) is 0 Å². The third-order valence-corrected chi connectivity index (χ3v) is 4.14. The van der Waals surface area contributed by atoms with E-state index in [0.29, 0.717) is 11.4 Å². The average Bonchev–Trinajstić information content (AvgIpc) is 2.49. The van der Waals surface area contributed by atoms with E-state index in [4.69, 9.17) is 11.6 Å². The van der Waals surface area contributed by atoms with Crippen molar-refractivity contribution in [3.63, 3.8) is 0 Å². The Morgan fingerprint density at radius 1 is 1.22 bits per heavy atom. The van der Waals surface area contributed by atoms with Gasteiger partial charge in [0.05, 0.1) is 11.3 Å². The van der Waals surface area contributed by atoms with Crippen molar-refractivity contribution in [1.82, 2.24) is 0 Å². The largest absolute Gasteiger partial charge is 0.478 e. The quantitative estimate of drug-likeness (QED) is 0.775. The maximum Gasteiger partial charge on any atom is 0.337 e. The summed E-state index contributed by atoms with van der Waals surface area (Å²) in [6.45, 7) is 1.79. The molecule has 0 saturated carbocycles. The molecule has 0 spiro atoms. The highest BCUT2D eigenvalue weighted by molar-refractivity contribution is 9.10. The lowest BCUT2D eigenvalue weighted by atomic mass is 10.00. The number of amides is 1. The zero-order valence-electron chi connectivity index (χ0n) is 12.3. The van der Waals surface area contributed by atoms with E-state index in [0.717, 1.165) is 10.0 Å². The van der Waals surface area contributed by atoms with Crippen LogP contribution in [0.4, 0.5) is 5.69 Å². The molecule has 1 atom stereocenters. The molecule has 0 radical (unpaired) electrons. The number of rotatable bonds is 5. The summed E-state index contributed by atoms with van der Waals surface area (Å²) in [6.07, 6.45) is 0.558. The fourth-order valence-electron chi connectivity index (χ4n) is 2.13. The molecule has 0 fully saturated rings. The minimum atomic E-state index is -1.11. The van der Waals surface area contributed by atoms with E-state index in [9.17, 15) is 14.7 Å². The highest BCUT2D eigenvalue weighted by Gasteiger charge is 2.17. The minimum absolute atomic E-state index is 0.0126. The first-order valence-corrected chi connectivity index (χ1v) is 8.12. The number of carboxylic acids is 1. The van der Waals surface area contributed by atoms with Crippen LogP contribution in [0.1, 0.15) is 22.8 Å². The van der Waals surface area contributed by atoms with Crippen LogP contribution >= 0.6 is 27.5 Å². The maximum atomic E-state index is 12.3. The van der Waals surface area contributed by atoms with Gasteiger partial charge in [-0.05, 0) is 42.3 Å². The van der Waals surface area contributed by atoms with E-state index in [1.54, 1.807) is 6.92 Å². The number of halogens is 2. The lowest BCUT2D eigenvalue weighted by Gasteiger charge is -2.14. The van der Waals surface area contributed by atoms with Gasteiger partial charge in [-0.3, -0.25) is 4.79 Å². The molecule has 0 aliphatic heterocycles. The van der Waals surface area contributed by atoms with E-state index in [-0.39, 0.29) is 23.1 Å². The number of nitrogens with one attached hydrogen (secondary N) is 1. The Hall–Kier alpha value is -1.85. The summed E-state index contributed by atoms with van der Waals surface area (Å²) in [6, 6.07) is 12.0. The SMILES string of the molecule is CC(Cc1ccc(Br)cc1)C(=O)Nc1cc(Cl)ccc1C(=O)O. The van der Waals surface area contributed by atoms with Crippen molar-refractivity contribution in [3.05, 3.63) is 63.1 Å². The van der Waals surface area contributed by atoms with Gasteiger partial charge < -0.3 is 10.4 Å². The zero-order valence-corrected chi connectivity index (χ0v) is 14.7. The molecular weight excluding hydrogens is 382 g/mol. The molecule has 6 heteroatoms. The van der Waals surface area contributed by atoms with Crippen LogP contribution in [-0.2, 0) is 11.2 Å². The number of aromatic carboxylic acids is 1. The number of hydrogen-bond donors (Lipinski definition) is 2. The second-order valence-corrected chi connectivity index (χ2v) is 6.57. The summed E-state index contributed by atoms with van der Waals surface area (Å²) in [5.74, 6) is -1.67. The van der Waals surface area contributed by atoms with Gasteiger partial charge in [0.1, 0.15) is 0 Å². The minimum Gasteiger partial charge on any atom is -0.478 e. The fourth-order valence-corrected chi connectivity index (χ4v) is 2.57. The van der Waals surface area contributed by atoms with Crippen molar-refractivity contribution in [2.24, 2.45) is 5.92 Å². The molecule has 0 bridgehead atoms. The normalized spacial score (nSPS) is 11.8. The Kier molecular flexibility index (Phi) is 5.80. The number of carboxylic acid groups (broad SMARTS) is 1. The summed E-state index contributed by atoms with van der Waals surface area (Å²) in [5, 5.41) is 12.2. The van der Waals surface area contributed by atoms with Gasteiger partial charge in [-0.25, -0.2) is 4.79 Å². The highest BCUT2D eigenvalue weighted by atomic mass is 79.9. The van der Waals surface area contributed by atoms with Crippen LogP contribution in [0.15, 0.2) is 46.9 Å². The van der Waals surface area contributed by atoms with Crippen molar-refractivity contribution >= 4 is 45.1 Å². The lowest BCUT2D eigenvalue weighted by Crippen LogP contribution is -2.23. The molecule has 1 unspecified atom stereocenters. The topological polar surface area (TPSA) is 66.4 Å². The van der Waals surface area contributed by atoms with Gasteiger partial charge in [-0.15, -0.1) is 0 Å². The van der Waals surface area contributed by atoms with E-state index in [2.05, 4.69) is 21.2 Å². The summed E-state index contributed by atoms with van der Waals surface area (Å²) >= 11 is 9.25. The van der Waals surface area contributed by atoms with Crippen LogP contribution in [0.5, 0.6) is 0 Å². The first-order valence-electron chi connectivity index (χ1n) is 6.95. The average molecular weight is 397 g/mol. The third kappa shape index (κ3) is 4.81. The van der Waals surface area contributed by atoms with Gasteiger partial charge in [-0.1, -0.05) is 46.6 Å². The molecule has 2 rings (SSSR count). The van der Waals surface area contributed by atoms with E-state index >= 15 is 0 Å². The second-order valence-electron chi connectivity index (χ2n) is 5.22. The zero-order chi connectivity index (χ0) is 17.0. The number of carbonyl (C=O) groups excluding carboxylic acids is 1. The van der Waals surface area contributed by atoms with Gasteiger partial charge in [0.15, 0.2) is 0 Å². The van der Waals surface area contributed by atoms with Gasteiger partial charge in [0.25, 0.3) is 0 Å². The van der Waals surface area contributed by atoms with Gasteiger partial charge in [0.2, 0.25) is 5.91 Å². The molecule has 23 heavy (non-hydrogen) atoms. The molecular formula is C17H15BrClNO3. The monoisotopic (exact) mass is 395 g/mol. The third-order valence-electron chi connectivity index (χ3n) is 3.37. The summed E-state index contributed by atoms with van der Waals surface area (Å²) in [4.78, 5) is 23.5. The summed E-state index contributed by atoms with van der Waals surface area (Å²) in [5.41, 5.74) is 1.25. The van der Waals surface area contributed by atoms with Crippen LogP contribution < -0.4 is 5.32 Å². The standard InChI is InChI=1S/C17H15BrClNO3/c1-10(8-11-2-4-12(18)5-3-11)16(21)20-15-9-13(19)6-7-14(15)17(22)23/h2-7,9-10H,8H2,1H3,(H,20,21)(H,22,23). The van der Waals surface area contributed by atoms with Gasteiger partial charge in [-0.2, -0.15) is 0 Å². The smallest absolute Gasteiger partial charge is 0.337 e. The van der Waals surface area contributed by atoms with E-state index in [1.807, 2.05) is 24.3 Å². The van der Waals surface area contributed by atoms with Crippen LogP contribution in [0.2, 0.25) is 5.02 Å². The number of benzene rings is 2. The molecule has 0 aliphatic rings. The Labute approximate surface area is 147 Å². The summed E-state index contributed by atoms with van der Waals surface area (Å²) < 4.78 is 0.975. The molecule has 2 N–H and O–H groups in total. The molecule has 120 valence electrons. The number of carbonyl (C=O) groups is 2. The van der Waals surface area contributed by atoms with E-state index in [1.165, 1.54) is 18.2 Å². The molecule has 0 saturated heterocycles. The van der Waals surface area contributed by atoms with Crippen molar-refractivity contribution in [1.29, 1.82) is 0 Å². The Bertz CT molecular complexity index is 731. The predicted molar refractivity (Wildman–Crippen MR) is 94.1 cm³/mol. The Balaban J connectivity index is 2.10.